The van der Waals surface area contributed by atoms with Crippen LogP contribution < -0.4 is 0 Å². The number of esters is 1. The van der Waals surface area contributed by atoms with Crippen molar-refractivity contribution in [3.05, 3.63) is 58.4 Å². The van der Waals surface area contributed by atoms with E-state index in [4.69, 9.17) is 4.74 Å². The first-order valence-corrected chi connectivity index (χ1v) is 9.92. The molecule has 0 saturated carbocycles. The third-order valence-corrected chi connectivity index (χ3v) is 6.32. The second kappa shape index (κ2) is 8.11. The molecule has 2 atom stereocenters. The largest absolute Gasteiger partial charge is 0.456 e. The standard InChI is InChI=1S/C17H17N3O8S/c21-11-8-14(17(23)28-10-15(22)12-4-3-7-18-12)19(9-11)29(26,27)16-6-2-1-5-13(16)20(24)25/h1-7,11,14,18,21H,8-10H2/t11-,14-/m0/s1. The predicted octanol–water partition coefficient (Wildman–Crippen LogP) is 0.473. The fraction of sp³-hybridized carbons (Fsp3) is 0.294. The summed E-state index contributed by atoms with van der Waals surface area (Å²) < 4.78 is 31.6. The normalized spacial score (nSPS) is 19.8. The van der Waals surface area contributed by atoms with E-state index in [0.717, 1.165) is 12.1 Å². The van der Waals surface area contributed by atoms with Crippen LogP contribution in [0.15, 0.2) is 47.5 Å². The molecule has 0 radical (unpaired) electrons. The number of sulfonamides is 1. The van der Waals surface area contributed by atoms with Gasteiger partial charge in [-0.05, 0) is 18.2 Å². The van der Waals surface area contributed by atoms with Gasteiger partial charge in [-0.2, -0.15) is 4.31 Å². The number of aliphatic hydroxyl groups is 1. The number of nitrogens with zero attached hydrogens (tertiary/aromatic N) is 2. The summed E-state index contributed by atoms with van der Waals surface area (Å²) in [6.07, 6.45) is 0.1000. The van der Waals surface area contributed by atoms with Crippen LogP contribution in [0.4, 0.5) is 5.69 Å². The van der Waals surface area contributed by atoms with Gasteiger partial charge >= 0.3 is 5.97 Å². The Kier molecular flexibility index (Phi) is 5.77. The fourth-order valence-electron chi connectivity index (χ4n) is 3.03. The summed E-state index contributed by atoms with van der Waals surface area (Å²) in [5, 5.41) is 21.1. The summed E-state index contributed by atoms with van der Waals surface area (Å²) in [5.41, 5.74) is -0.434. The first-order chi connectivity index (χ1) is 13.7. The molecule has 0 unspecified atom stereocenters. The molecule has 12 heteroatoms. The summed E-state index contributed by atoms with van der Waals surface area (Å²) in [4.78, 5) is 36.8. The molecule has 1 aliphatic heterocycles. The molecule has 2 heterocycles. The molecule has 1 fully saturated rings. The third-order valence-electron chi connectivity index (χ3n) is 4.40. The van der Waals surface area contributed by atoms with Crippen LogP contribution in [-0.2, 0) is 19.6 Å². The molecule has 0 aliphatic carbocycles. The van der Waals surface area contributed by atoms with Gasteiger partial charge < -0.3 is 14.8 Å². The van der Waals surface area contributed by atoms with Gasteiger partial charge in [-0.15, -0.1) is 0 Å². The summed E-state index contributed by atoms with van der Waals surface area (Å²) in [7, 11) is -4.48. The highest BCUT2D eigenvalue weighted by atomic mass is 32.2. The number of carbonyl (C=O) groups is 2. The van der Waals surface area contributed by atoms with Crippen molar-refractivity contribution in [2.45, 2.75) is 23.5 Å². The number of rotatable bonds is 7. The van der Waals surface area contributed by atoms with E-state index in [2.05, 4.69) is 4.98 Å². The van der Waals surface area contributed by atoms with E-state index in [1.807, 2.05) is 0 Å². The van der Waals surface area contributed by atoms with Gasteiger partial charge in [0.1, 0.15) is 6.04 Å². The topological polar surface area (TPSA) is 160 Å². The zero-order chi connectivity index (χ0) is 21.2. The first-order valence-electron chi connectivity index (χ1n) is 8.48. The highest BCUT2D eigenvalue weighted by Crippen LogP contribution is 2.31. The number of aromatic nitrogens is 1. The molecule has 11 nitrogen and oxygen atoms in total. The summed E-state index contributed by atoms with van der Waals surface area (Å²) in [6.45, 7) is -1.05. The van der Waals surface area contributed by atoms with E-state index in [-0.39, 0.29) is 12.1 Å². The lowest BCUT2D eigenvalue weighted by molar-refractivity contribution is -0.387. The molecular weight excluding hydrogens is 406 g/mol. The van der Waals surface area contributed by atoms with Crippen molar-refractivity contribution in [3.63, 3.8) is 0 Å². The second-order valence-corrected chi connectivity index (χ2v) is 8.18. The van der Waals surface area contributed by atoms with E-state index < -0.39 is 62.6 Å². The van der Waals surface area contributed by atoms with Gasteiger partial charge in [-0.1, -0.05) is 12.1 Å². The SMILES string of the molecule is O=C(COC(=O)[C@@H]1C[C@H](O)CN1S(=O)(=O)c1ccccc1[N+](=O)[O-])c1ccc[nH]1. The van der Waals surface area contributed by atoms with Crippen molar-refractivity contribution in [1.29, 1.82) is 0 Å². The van der Waals surface area contributed by atoms with Crippen LogP contribution in [0.1, 0.15) is 16.9 Å². The molecule has 0 bridgehead atoms. The molecule has 1 aliphatic rings. The molecule has 0 amide bonds. The molecule has 154 valence electrons. The number of aromatic amines is 1. The lowest BCUT2D eigenvalue weighted by Gasteiger charge is -2.22. The number of H-pyrrole nitrogens is 1. The number of para-hydroxylation sites is 1. The molecular formula is C17H17N3O8S. The average Bonchev–Trinajstić information content (AvgIpc) is 3.36. The number of Topliss-reactive ketones (excluding diaryl/α,β-unsaturated/α-hetero) is 1. The molecule has 0 spiro atoms. The minimum Gasteiger partial charge on any atom is -0.456 e. The summed E-state index contributed by atoms with van der Waals surface area (Å²) in [5.74, 6) is -1.54. The van der Waals surface area contributed by atoms with Gasteiger partial charge in [0.2, 0.25) is 5.78 Å². The Labute approximate surface area is 165 Å². The molecule has 3 rings (SSSR count). The van der Waals surface area contributed by atoms with Gasteiger partial charge in [-0.25, -0.2) is 8.42 Å². The van der Waals surface area contributed by atoms with E-state index >= 15 is 0 Å². The Balaban J connectivity index is 1.82. The number of nitro groups is 1. The van der Waals surface area contributed by atoms with Crippen molar-refractivity contribution in [1.82, 2.24) is 9.29 Å². The van der Waals surface area contributed by atoms with Gasteiger partial charge in [0, 0.05) is 25.2 Å². The van der Waals surface area contributed by atoms with Crippen LogP contribution in [0.5, 0.6) is 0 Å². The lowest BCUT2D eigenvalue weighted by atomic mass is 10.2. The first kappa shape index (κ1) is 20.6. The maximum atomic E-state index is 13.0. The van der Waals surface area contributed by atoms with Gasteiger partial charge in [0.05, 0.1) is 16.7 Å². The van der Waals surface area contributed by atoms with E-state index in [1.54, 1.807) is 6.07 Å². The summed E-state index contributed by atoms with van der Waals surface area (Å²) >= 11 is 0. The number of benzene rings is 1. The van der Waals surface area contributed by atoms with Crippen molar-refractivity contribution in [3.8, 4) is 0 Å². The smallest absolute Gasteiger partial charge is 0.325 e. The second-order valence-electron chi connectivity index (χ2n) is 6.32. The number of nitrogens with one attached hydrogen (secondary N) is 1. The van der Waals surface area contributed by atoms with E-state index in [0.29, 0.717) is 4.31 Å². The van der Waals surface area contributed by atoms with E-state index in [9.17, 15) is 33.2 Å². The average molecular weight is 423 g/mol. The number of hydrogen-bond acceptors (Lipinski definition) is 8. The zero-order valence-electron chi connectivity index (χ0n) is 14.9. The lowest BCUT2D eigenvalue weighted by Crippen LogP contribution is -2.42. The molecule has 1 saturated heterocycles. The molecule has 1 aromatic heterocycles. The number of aliphatic hydroxyl groups excluding tert-OH is 1. The number of β-amino-alcohol motifs (C(OH)–C–C–N with tert-alkyl or cyclic N) is 1. The van der Waals surface area contributed by atoms with E-state index in [1.165, 1.54) is 24.4 Å². The van der Waals surface area contributed by atoms with Crippen LogP contribution in [0.2, 0.25) is 0 Å². The predicted molar refractivity (Wildman–Crippen MR) is 97.5 cm³/mol. The molecule has 2 N–H and O–H groups in total. The quantitative estimate of drug-likeness (QED) is 0.281. The molecule has 1 aromatic carbocycles. The molecule has 2 aromatic rings. The fourth-order valence-corrected chi connectivity index (χ4v) is 4.82. The number of carbonyl (C=O) groups excluding carboxylic acids is 2. The minimum atomic E-state index is -4.48. The Morgan fingerprint density at radius 1 is 1.28 bits per heavy atom. The minimum absolute atomic E-state index is 0.216. The van der Waals surface area contributed by atoms with Gasteiger partial charge in [0.15, 0.2) is 11.5 Å². The van der Waals surface area contributed by atoms with Crippen molar-refractivity contribution in [2.24, 2.45) is 0 Å². The molecule has 29 heavy (non-hydrogen) atoms. The number of hydrogen-bond donors (Lipinski definition) is 2. The Morgan fingerprint density at radius 2 is 2.00 bits per heavy atom. The van der Waals surface area contributed by atoms with Crippen LogP contribution in [0.25, 0.3) is 0 Å². The van der Waals surface area contributed by atoms with Crippen LogP contribution in [0.3, 0.4) is 0 Å². The number of ketones is 1. The van der Waals surface area contributed by atoms with Crippen LogP contribution >= 0.6 is 0 Å². The maximum absolute atomic E-state index is 13.0. The Hall–Kier alpha value is -3.09. The van der Waals surface area contributed by atoms with Crippen molar-refractivity contribution >= 4 is 27.5 Å². The van der Waals surface area contributed by atoms with Gasteiger partial charge in [-0.3, -0.25) is 19.7 Å². The third kappa shape index (κ3) is 4.18. The maximum Gasteiger partial charge on any atom is 0.325 e. The van der Waals surface area contributed by atoms with Gasteiger partial charge in [0.25, 0.3) is 15.7 Å². The zero-order valence-corrected chi connectivity index (χ0v) is 15.7. The highest BCUT2D eigenvalue weighted by Gasteiger charge is 2.46. The highest BCUT2D eigenvalue weighted by molar-refractivity contribution is 7.89. The van der Waals surface area contributed by atoms with Crippen LogP contribution in [0, 0.1) is 10.1 Å². The Bertz CT molecular complexity index is 1030. The number of nitro benzene ring substituents is 1. The Morgan fingerprint density at radius 3 is 2.66 bits per heavy atom. The van der Waals surface area contributed by atoms with Crippen molar-refractivity contribution in [2.75, 3.05) is 13.2 Å². The van der Waals surface area contributed by atoms with Crippen LogP contribution in [-0.4, -0.2) is 64.8 Å². The number of ether oxygens (including phenoxy) is 1. The monoisotopic (exact) mass is 423 g/mol. The summed E-state index contributed by atoms with van der Waals surface area (Å²) in [6, 6.07) is 6.37. The van der Waals surface area contributed by atoms with Crippen molar-refractivity contribution < 1.29 is 32.8 Å².